The van der Waals surface area contributed by atoms with Crippen molar-refractivity contribution in [2.24, 2.45) is 0 Å². The molecule has 0 N–H and O–H groups in total. The fourth-order valence-electron chi connectivity index (χ4n) is 1.71. The lowest BCUT2D eigenvalue weighted by Crippen LogP contribution is -1.95. The van der Waals surface area contributed by atoms with Crippen LogP contribution in [0.2, 0.25) is 0 Å². The van der Waals surface area contributed by atoms with Crippen LogP contribution in [-0.2, 0) is 6.61 Å². The topological polar surface area (TPSA) is 48.2 Å². The number of hydrogen-bond donors (Lipinski definition) is 0. The van der Waals surface area contributed by atoms with Gasteiger partial charge in [-0.15, -0.1) is 0 Å². The molecular formula is C15H10F2N2O2. The molecule has 0 aliphatic rings. The van der Waals surface area contributed by atoms with Crippen molar-refractivity contribution in [3.8, 4) is 17.1 Å². The van der Waals surface area contributed by atoms with E-state index in [4.69, 9.17) is 9.26 Å². The molecule has 0 bridgehead atoms. The molecule has 0 aliphatic heterocycles. The maximum atomic E-state index is 12.8. The van der Waals surface area contributed by atoms with Crippen LogP contribution in [0.5, 0.6) is 5.75 Å². The summed E-state index contributed by atoms with van der Waals surface area (Å²) >= 11 is 0. The first kappa shape index (κ1) is 13.2. The molecule has 0 spiro atoms. The van der Waals surface area contributed by atoms with Crippen LogP contribution in [0.1, 0.15) is 5.89 Å². The third-order valence-corrected chi connectivity index (χ3v) is 2.75. The van der Waals surface area contributed by atoms with Gasteiger partial charge in [0.25, 0.3) is 5.89 Å². The van der Waals surface area contributed by atoms with Gasteiger partial charge in [0.1, 0.15) is 17.4 Å². The predicted molar refractivity (Wildman–Crippen MR) is 70.4 cm³/mol. The van der Waals surface area contributed by atoms with Crippen molar-refractivity contribution in [1.29, 1.82) is 0 Å². The van der Waals surface area contributed by atoms with E-state index in [9.17, 15) is 8.78 Å². The third kappa shape index (κ3) is 3.22. The van der Waals surface area contributed by atoms with E-state index in [1.807, 2.05) is 0 Å². The predicted octanol–water partition coefficient (Wildman–Crippen LogP) is 3.59. The Hall–Kier alpha value is -2.76. The molecule has 1 heterocycles. The van der Waals surface area contributed by atoms with Gasteiger partial charge in [-0.2, -0.15) is 4.98 Å². The van der Waals surface area contributed by atoms with Gasteiger partial charge >= 0.3 is 0 Å². The summed E-state index contributed by atoms with van der Waals surface area (Å²) in [7, 11) is 0. The molecule has 1 aromatic heterocycles. The van der Waals surface area contributed by atoms with Crippen LogP contribution in [0.25, 0.3) is 11.4 Å². The molecule has 0 amide bonds. The Balaban J connectivity index is 1.67. The molecule has 0 unspecified atom stereocenters. The minimum absolute atomic E-state index is 0.0693. The first-order valence-corrected chi connectivity index (χ1v) is 6.17. The molecule has 106 valence electrons. The van der Waals surface area contributed by atoms with Gasteiger partial charge in [-0.25, -0.2) is 8.78 Å². The molecule has 0 saturated heterocycles. The van der Waals surface area contributed by atoms with E-state index >= 15 is 0 Å². The molecule has 0 radical (unpaired) electrons. The average molecular weight is 288 g/mol. The van der Waals surface area contributed by atoms with E-state index in [2.05, 4.69) is 10.1 Å². The lowest BCUT2D eigenvalue weighted by Gasteiger charge is -2.01. The van der Waals surface area contributed by atoms with E-state index in [1.54, 1.807) is 12.1 Å². The van der Waals surface area contributed by atoms with Crippen molar-refractivity contribution in [2.75, 3.05) is 0 Å². The van der Waals surface area contributed by atoms with Gasteiger partial charge in [-0.3, -0.25) is 0 Å². The molecule has 4 nitrogen and oxygen atoms in total. The smallest absolute Gasteiger partial charge is 0.264 e. The van der Waals surface area contributed by atoms with Crippen LogP contribution in [0, 0.1) is 11.6 Å². The van der Waals surface area contributed by atoms with Crippen molar-refractivity contribution in [3.05, 3.63) is 66.1 Å². The van der Waals surface area contributed by atoms with E-state index in [-0.39, 0.29) is 24.1 Å². The summed E-state index contributed by atoms with van der Waals surface area (Å²) in [5, 5.41) is 3.79. The number of benzene rings is 2. The maximum absolute atomic E-state index is 12.8. The SMILES string of the molecule is Fc1ccc(OCc2nc(-c3ccc(F)cc3)no2)cc1. The van der Waals surface area contributed by atoms with Crippen LogP contribution >= 0.6 is 0 Å². The standard InChI is InChI=1S/C15H10F2N2O2/c16-11-3-1-10(2-4-11)15-18-14(21-19-15)9-20-13-7-5-12(17)6-8-13/h1-8H,9H2. The summed E-state index contributed by atoms with van der Waals surface area (Å²) in [4.78, 5) is 4.14. The lowest BCUT2D eigenvalue weighted by atomic mass is 10.2. The summed E-state index contributed by atoms with van der Waals surface area (Å²) in [6.07, 6.45) is 0. The van der Waals surface area contributed by atoms with Gasteiger partial charge in [-0.05, 0) is 48.5 Å². The highest BCUT2D eigenvalue weighted by molar-refractivity contribution is 5.53. The molecular weight excluding hydrogens is 278 g/mol. The Morgan fingerprint density at radius 3 is 2.19 bits per heavy atom. The molecule has 0 saturated carbocycles. The lowest BCUT2D eigenvalue weighted by molar-refractivity contribution is 0.242. The largest absolute Gasteiger partial charge is 0.484 e. The number of nitrogens with zero attached hydrogens (tertiary/aromatic N) is 2. The highest BCUT2D eigenvalue weighted by Gasteiger charge is 2.09. The Morgan fingerprint density at radius 1 is 0.905 bits per heavy atom. The Labute approximate surface area is 119 Å². The van der Waals surface area contributed by atoms with Gasteiger partial charge in [0, 0.05) is 5.56 Å². The van der Waals surface area contributed by atoms with Crippen molar-refractivity contribution in [3.63, 3.8) is 0 Å². The molecule has 2 aromatic carbocycles. The van der Waals surface area contributed by atoms with Crippen molar-refractivity contribution < 1.29 is 18.0 Å². The van der Waals surface area contributed by atoms with Crippen LogP contribution in [-0.4, -0.2) is 10.1 Å². The Bertz CT molecular complexity index is 724. The number of aromatic nitrogens is 2. The first-order valence-electron chi connectivity index (χ1n) is 6.17. The second kappa shape index (κ2) is 5.70. The zero-order chi connectivity index (χ0) is 14.7. The zero-order valence-corrected chi connectivity index (χ0v) is 10.8. The van der Waals surface area contributed by atoms with Crippen molar-refractivity contribution >= 4 is 0 Å². The molecule has 21 heavy (non-hydrogen) atoms. The van der Waals surface area contributed by atoms with Gasteiger partial charge in [0.15, 0.2) is 6.61 Å². The van der Waals surface area contributed by atoms with E-state index in [1.165, 1.54) is 36.4 Å². The number of ether oxygens (including phenoxy) is 1. The van der Waals surface area contributed by atoms with Crippen LogP contribution in [0.15, 0.2) is 53.1 Å². The monoisotopic (exact) mass is 288 g/mol. The highest BCUT2D eigenvalue weighted by atomic mass is 19.1. The quantitative estimate of drug-likeness (QED) is 0.736. The zero-order valence-electron chi connectivity index (χ0n) is 10.8. The van der Waals surface area contributed by atoms with E-state index < -0.39 is 0 Å². The highest BCUT2D eigenvalue weighted by Crippen LogP contribution is 2.17. The average Bonchev–Trinajstić information content (AvgIpc) is 2.96. The third-order valence-electron chi connectivity index (χ3n) is 2.75. The van der Waals surface area contributed by atoms with Gasteiger partial charge in [0.05, 0.1) is 0 Å². The normalized spacial score (nSPS) is 10.6. The molecule has 3 aromatic rings. The second-order valence-electron chi connectivity index (χ2n) is 4.26. The van der Waals surface area contributed by atoms with Crippen LogP contribution in [0.4, 0.5) is 8.78 Å². The second-order valence-corrected chi connectivity index (χ2v) is 4.26. The molecule has 6 heteroatoms. The minimum atomic E-state index is -0.335. The van der Waals surface area contributed by atoms with E-state index in [0.29, 0.717) is 17.1 Å². The number of hydrogen-bond acceptors (Lipinski definition) is 4. The first-order chi connectivity index (χ1) is 10.2. The fourth-order valence-corrected chi connectivity index (χ4v) is 1.71. The molecule has 0 aliphatic carbocycles. The minimum Gasteiger partial charge on any atom is -0.484 e. The van der Waals surface area contributed by atoms with E-state index in [0.717, 1.165) is 0 Å². The summed E-state index contributed by atoms with van der Waals surface area (Å²) in [5.74, 6) is 0.463. The fraction of sp³-hybridized carbons (Fsp3) is 0.0667. The summed E-state index contributed by atoms with van der Waals surface area (Å²) < 4.78 is 36.0. The summed E-state index contributed by atoms with van der Waals surface area (Å²) in [6.45, 7) is 0.0693. The number of rotatable bonds is 4. The van der Waals surface area contributed by atoms with Crippen LogP contribution in [0.3, 0.4) is 0 Å². The molecule has 0 fully saturated rings. The summed E-state index contributed by atoms with van der Waals surface area (Å²) in [5.41, 5.74) is 0.646. The molecule has 0 atom stereocenters. The van der Waals surface area contributed by atoms with Gasteiger partial charge in [-0.1, -0.05) is 5.16 Å². The number of halogens is 2. The van der Waals surface area contributed by atoms with Gasteiger partial charge < -0.3 is 9.26 Å². The van der Waals surface area contributed by atoms with Gasteiger partial charge in [0.2, 0.25) is 5.82 Å². The summed E-state index contributed by atoms with van der Waals surface area (Å²) in [6, 6.07) is 11.4. The van der Waals surface area contributed by atoms with Crippen molar-refractivity contribution in [2.45, 2.75) is 6.61 Å². The Kier molecular flexibility index (Phi) is 3.59. The Morgan fingerprint density at radius 2 is 1.52 bits per heavy atom. The van der Waals surface area contributed by atoms with Crippen LogP contribution < -0.4 is 4.74 Å². The molecule has 3 rings (SSSR count). The van der Waals surface area contributed by atoms with Crippen molar-refractivity contribution in [1.82, 2.24) is 10.1 Å². The maximum Gasteiger partial charge on any atom is 0.264 e.